The van der Waals surface area contributed by atoms with Crippen LogP contribution in [0.3, 0.4) is 0 Å². The maximum Gasteiger partial charge on any atom is 0.320 e. The van der Waals surface area contributed by atoms with Gasteiger partial charge in [0.15, 0.2) is 0 Å². The van der Waals surface area contributed by atoms with Crippen molar-refractivity contribution in [2.45, 2.75) is 38.6 Å². The van der Waals surface area contributed by atoms with Gasteiger partial charge in [-0.15, -0.1) is 0 Å². The molecular weight excluding hydrogens is 254 g/mol. The molecule has 0 spiro atoms. The number of rotatable bonds is 9. The van der Waals surface area contributed by atoms with Crippen LogP contribution in [0.25, 0.3) is 0 Å². The summed E-state index contributed by atoms with van der Waals surface area (Å²) in [6, 6.07) is -0.389. The average molecular weight is 283 g/mol. The Balaban J connectivity index is 1.62. The fourth-order valence-corrected chi connectivity index (χ4v) is 2.80. The van der Waals surface area contributed by atoms with Crippen LogP contribution < -0.4 is 5.32 Å². The van der Waals surface area contributed by atoms with E-state index in [1.165, 1.54) is 19.4 Å². The van der Waals surface area contributed by atoms with Crippen molar-refractivity contribution in [3.63, 3.8) is 0 Å². The number of carbonyl (C=O) groups is 1. The van der Waals surface area contributed by atoms with E-state index in [2.05, 4.69) is 22.0 Å². The molecule has 1 aliphatic heterocycles. The van der Waals surface area contributed by atoms with Crippen LogP contribution in [-0.4, -0.2) is 72.7 Å². The van der Waals surface area contributed by atoms with E-state index >= 15 is 0 Å². The Labute approximate surface area is 122 Å². The number of carboxylic acid groups (broad SMARTS) is 1. The molecular formula is C15H29N3O2. The molecule has 0 bridgehead atoms. The highest BCUT2D eigenvalue weighted by molar-refractivity contribution is 5.73. The molecule has 0 amide bonds. The largest absolute Gasteiger partial charge is 0.480 e. The summed E-state index contributed by atoms with van der Waals surface area (Å²) < 4.78 is 0. The Kier molecular flexibility index (Phi) is 6.26. The average Bonchev–Trinajstić information content (AvgIpc) is 3.24. The highest BCUT2D eigenvalue weighted by atomic mass is 16.4. The molecule has 1 unspecified atom stereocenters. The predicted molar refractivity (Wildman–Crippen MR) is 79.9 cm³/mol. The Bertz CT molecular complexity index is 299. The first-order valence-corrected chi connectivity index (χ1v) is 8.10. The third kappa shape index (κ3) is 5.38. The van der Waals surface area contributed by atoms with Gasteiger partial charge in [0.25, 0.3) is 0 Å². The van der Waals surface area contributed by atoms with Gasteiger partial charge < -0.3 is 20.2 Å². The first-order valence-electron chi connectivity index (χ1n) is 8.10. The van der Waals surface area contributed by atoms with E-state index in [4.69, 9.17) is 0 Å². The minimum Gasteiger partial charge on any atom is -0.480 e. The van der Waals surface area contributed by atoms with Gasteiger partial charge in [-0.1, -0.05) is 6.92 Å². The molecule has 0 aromatic heterocycles. The van der Waals surface area contributed by atoms with Crippen LogP contribution in [-0.2, 0) is 4.79 Å². The van der Waals surface area contributed by atoms with E-state index in [0.29, 0.717) is 6.42 Å². The van der Waals surface area contributed by atoms with Gasteiger partial charge in [0.05, 0.1) is 0 Å². The fraction of sp³-hybridized carbons (Fsp3) is 0.933. The maximum absolute atomic E-state index is 11.2. The van der Waals surface area contributed by atoms with E-state index in [9.17, 15) is 9.90 Å². The Morgan fingerprint density at radius 3 is 2.45 bits per heavy atom. The van der Waals surface area contributed by atoms with Crippen LogP contribution in [0.5, 0.6) is 0 Å². The van der Waals surface area contributed by atoms with Crippen molar-refractivity contribution in [2.75, 3.05) is 45.8 Å². The fourth-order valence-electron chi connectivity index (χ4n) is 2.80. The summed E-state index contributed by atoms with van der Waals surface area (Å²) in [6.07, 6.45) is 4.52. The lowest BCUT2D eigenvalue weighted by atomic mass is 10.1. The smallest absolute Gasteiger partial charge is 0.320 e. The van der Waals surface area contributed by atoms with E-state index in [-0.39, 0.29) is 6.04 Å². The van der Waals surface area contributed by atoms with Gasteiger partial charge in [-0.3, -0.25) is 4.79 Å². The van der Waals surface area contributed by atoms with Gasteiger partial charge in [0.1, 0.15) is 6.04 Å². The lowest BCUT2D eigenvalue weighted by Gasteiger charge is -2.35. The zero-order valence-corrected chi connectivity index (χ0v) is 12.7. The second kappa shape index (κ2) is 7.96. The molecule has 1 saturated heterocycles. The van der Waals surface area contributed by atoms with Gasteiger partial charge in [-0.25, -0.2) is 0 Å². The molecule has 2 rings (SSSR count). The van der Waals surface area contributed by atoms with Gasteiger partial charge in [-0.2, -0.15) is 0 Å². The normalized spacial score (nSPS) is 22.9. The zero-order valence-electron chi connectivity index (χ0n) is 12.7. The van der Waals surface area contributed by atoms with Gasteiger partial charge in [0, 0.05) is 39.3 Å². The molecule has 116 valence electrons. The van der Waals surface area contributed by atoms with E-state index in [0.717, 1.165) is 51.6 Å². The molecule has 1 aliphatic carbocycles. The molecule has 1 atom stereocenters. The molecule has 5 nitrogen and oxygen atoms in total. The van der Waals surface area contributed by atoms with Crippen LogP contribution in [0.2, 0.25) is 0 Å². The minimum atomic E-state index is -0.717. The van der Waals surface area contributed by atoms with Crippen LogP contribution in [0, 0.1) is 5.92 Å². The number of hydrogen-bond acceptors (Lipinski definition) is 4. The maximum atomic E-state index is 11.2. The Morgan fingerprint density at radius 2 is 1.90 bits per heavy atom. The monoisotopic (exact) mass is 283 g/mol. The summed E-state index contributed by atoms with van der Waals surface area (Å²) in [5.74, 6) is 0.252. The van der Waals surface area contributed by atoms with Crippen molar-refractivity contribution in [3.05, 3.63) is 0 Å². The molecule has 0 radical (unpaired) electrons. The molecule has 2 aliphatic rings. The van der Waals surface area contributed by atoms with Crippen LogP contribution in [0.4, 0.5) is 0 Å². The lowest BCUT2D eigenvalue weighted by Crippen LogP contribution is -2.48. The molecule has 0 aromatic rings. The van der Waals surface area contributed by atoms with Crippen molar-refractivity contribution in [1.29, 1.82) is 0 Å². The van der Waals surface area contributed by atoms with Crippen molar-refractivity contribution in [2.24, 2.45) is 5.92 Å². The summed E-state index contributed by atoms with van der Waals surface area (Å²) >= 11 is 0. The molecule has 20 heavy (non-hydrogen) atoms. The van der Waals surface area contributed by atoms with E-state index < -0.39 is 5.97 Å². The van der Waals surface area contributed by atoms with Crippen molar-refractivity contribution < 1.29 is 9.90 Å². The standard InChI is InChI=1S/C15H29N3O2/c1-2-6-16-14(15(19)20)5-7-17-8-10-18(11-9-17)12-13-3-4-13/h13-14,16H,2-12H2,1H3,(H,19,20). The van der Waals surface area contributed by atoms with E-state index in [1.54, 1.807) is 0 Å². The predicted octanol–water partition coefficient (Wildman–Crippen LogP) is 0.857. The zero-order chi connectivity index (χ0) is 14.4. The number of hydrogen-bond donors (Lipinski definition) is 2. The minimum absolute atomic E-state index is 0.389. The Hall–Kier alpha value is -0.650. The second-order valence-corrected chi connectivity index (χ2v) is 6.22. The van der Waals surface area contributed by atoms with Crippen LogP contribution in [0.1, 0.15) is 32.6 Å². The van der Waals surface area contributed by atoms with Gasteiger partial charge >= 0.3 is 5.97 Å². The molecule has 2 N–H and O–H groups in total. The summed E-state index contributed by atoms with van der Waals surface area (Å²) in [7, 11) is 0. The highest BCUT2D eigenvalue weighted by Crippen LogP contribution is 2.29. The number of nitrogens with zero attached hydrogens (tertiary/aromatic N) is 2. The quantitative estimate of drug-likeness (QED) is 0.657. The molecule has 1 heterocycles. The van der Waals surface area contributed by atoms with Crippen LogP contribution >= 0.6 is 0 Å². The highest BCUT2D eigenvalue weighted by Gasteiger charge is 2.26. The van der Waals surface area contributed by atoms with Crippen molar-refractivity contribution in [3.8, 4) is 0 Å². The number of carboxylic acids is 1. The van der Waals surface area contributed by atoms with Crippen molar-refractivity contribution in [1.82, 2.24) is 15.1 Å². The first-order chi connectivity index (χ1) is 9.69. The third-order valence-electron chi connectivity index (χ3n) is 4.35. The Morgan fingerprint density at radius 1 is 1.25 bits per heavy atom. The summed E-state index contributed by atoms with van der Waals surface area (Å²) in [4.78, 5) is 16.1. The SMILES string of the molecule is CCCNC(CCN1CCN(CC2CC2)CC1)C(=O)O. The topological polar surface area (TPSA) is 55.8 Å². The van der Waals surface area contributed by atoms with E-state index in [1.807, 2.05) is 0 Å². The first kappa shape index (κ1) is 15.7. The third-order valence-corrected chi connectivity index (χ3v) is 4.35. The lowest BCUT2D eigenvalue weighted by molar-refractivity contribution is -0.139. The van der Waals surface area contributed by atoms with Gasteiger partial charge in [0.2, 0.25) is 0 Å². The number of piperazine rings is 1. The summed E-state index contributed by atoms with van der Waals surface area (Å²) in [5.41, 5.74) is 0. The molecule has 2 fully saturated rings. The van der Waals surface area contributed by atoms with Gasteiger partial charge in [-0.05, 0) is 38.1 Å². The molecule has 5 heteroatoms. The summed E-state index contributed by atoms with van der Waals surface area (Å²) in [6.45, 7) is 9.50. The molecule has 0 aromatic carbocycles. The van der Waals surface area contributed by atoms with Crippen molar-refractivity contribution >= 4 is 5.97 Å². The summed E-state index contributed by atoms with van der Waals surface area (Å²) in [5, 5.41) is 12.3. The number of aliphatic carboxylic acids is 1. The second-order valence-electron chi connectivity index (χ2n) is 6.22. The molecule has 1 saturated carbocycles. The van der Waals surface area contributed by atoms with Crippen LogP contribution in [0.15, 0.2) is 0 Å². The number of nitrogens with one attached hydrogen (secondary N) is 1.